The van der Waals surface area contributed by atoms with Crippen molar-refractivity contribution >= 4 is 5.95 Å². The number of aromatic nitrogens is 3. The van der Waals surface area contributed by atoms with Gasteiger partial charge in [-0.3, -0.25) is 4.98 Å². The maximum atomic E-state index is 9.41. The van der Waals surface area contributed by atoms with Crippen molar-refractivity contribution < 1.29 is 5.11 Å². The van der Waals surface area contributed by atoms with Crippen molar-refractivity contribution in [2.24, 2.45) is 5.92 Å². The summed E-state index contributed by atoms with van der Waals surface area (Å²) >= 11 is 0. The predicted molar refractivity (Wildman–Crippen MR) is 73.8 cm³/mol. The van der Waals surface area contributed by atoms with E-state index >= 15 is 0 Å². The van der Waals surface area contributed by atoms with Gasteiger partial charge < -0.3 is 10.4 Å². The lowest BCUT2D eigenvalue weighted by atomic mass is 10.0. The Bertz CT molecular complexity index is 504. The molecule has 0 aliphatic heterocycles. The second kappa shape index (κ2) is 6.80. The minimum Gasteiger partial charge on any atom is -0.396 e. The van der Waals surface area contributed by atoms with Gasteiger partial charge >= 0.3 is 0 Å². The van der Waals surface area contributed by atoms with Crippen molar-refractivity contribution in [3.8, 4) is 0 Å². The molecule has 19 heavy (non-hydrogen) atoms. The molecule has 2 aromatic rings. The maximum absolute atomic E-state index is 9.41. The summed E-state index contributed by atoms with van der Waals surface area (Å²) in [6, 6.07) is 7.65. The fraction of sp³-hybridized carbons (Fsp3) is 0.357. The van der Waals surface area contributed by atoms with Crippen LogP contribution in [0, 0.1) is 12.8 Å². The number of anilines is 1. The molecule has 0 aliphatic rings. The number of aliphatic hydroxyl groups excluding tert-OH is 1. The van der Waals surface area contributed by atoms with Gasteiger partial charge in [-0.1, -0.05) is 6.07 Å². The van der Waals surface area contributed by atoms with E-state index in [1.807, 2.05) is 31.2 Å². The highest BCUT2D eigenvalue weighted by Crippen LogP contribution is 2.07. The molecule has 1 atom stereocenters. The van der Waals surface area contributed by atoms with Crippen LogP contribution in [-0.2, 0) is 6.42 Å². The molecule has 100 valence electrons. The lowest BCUT2D eigenvalue weighted by molar-refractivity contribution is 0.231. The Morgan fingerprint density at radius 2 is 2.11 bits per heavy atom. The van der Waals surface area contributed by atoms with E-state index in [1.165, 1.54) is 0 Å². The van der Waals surface area contributed by atoms with E-state index in [2.05, 4.69) is 20.3 Å². The summed E-state index contributed by atoms with van der Waals surface area (Å²) < 4.78 is 0. The molecule has 0 aromatic carbocycles. The van der Waals surface area contributed by atoms with Crippen molar-refractivity contribution in [2.75, 3.05) is 18.5 Å². The molecule has 0 saturated carbocycles. The van der Waals surface area contributed by atoms with Gasteiger partial charge in [-0.25, -0.2) is 9.97 Å². The van der Waals surface area contributed by atoms with Crippen LogP contribution in [0.15, 0.2) is 36.7 Å². The van der Waals surface area contributed by atoms with Crippen LogP contribution in [0.25, 0.3) is 0 Å². The van der Waals surface area contributed by atoms with Gasteiger partial charge in [-0.05, 0) is 31.5 Å². The van der Waals surface area contributed by atoms with E-state index in [9.17, 15) is 5.11 Å². The Kier molecular flexibility index (Phi) is 4.80. The molecule has 2 N–H and O–H groups in total. The first kappa shape index (κ1) is 13.4. The third-order valence-corrected chi connectivity index (χ3v) is 2.83. The molecule has 0 aliphatic carbocycles. The highest BCUT2D eigenvalue weighted by atomic mass is 16.3. The van der Waals surface area contributed by atoms with Crippen LogP contribution in [0.1, 0.15) is 11.4 Å². The molecular weight excluding hydrogens is 240 g/mol. The highest BCUT2D eigenvalue weighted by Gasteiger charge is 2.10. The molecule has 2 heterocycles. The smallest absolute Gasteiger partial charge is 0.222 e. The summed E-state index contributed by atoms with van der Waals surface area (Å²) in [5.41, 5.74) is 1.90. The minimum atomic E-state index is 0.0963. The van der Waals surface area contributed by atoms with Crippen molar-refractivity contribution in [3.05, 3.63) is 48.0 Å². The van der Waals surface area contributed by atoms with E-state index < -0.39 is 0 Å². The molecule has 5 heteroatoms. The summed E-state index contributed by atoms with van der Waals surface area (Å²) in [6.07, 6.45) is 4.22. The van der Waals surface area contributed by atoms with Gasteiger partial charge in [0.1, 0.15) is 0 Å². The largest absolute Gasteiger partial charge is 0.396 e. The third kappa shape index (κ3) is 4.30. The molecule has 0 bridgehead atoms. The first-order valence-corrected chi connectivity index (χ1v) is 6.32. The monoisotopic (exact) mass is 258 g/mol. The Labute approximate surface area is 112 Å². The molecule has 1 unspecified atom stereocenters. The number of hydrogen-bond donors (Lipinski definition) is 2. The predicted octanol–water partition coefficient (Wildman–Crippen LogP) is 1.44. The second-order valence-corrected chi connectivity index (χ2v) is 4.48. The summed E-state index contributed by atoms with van der Waals surface area (Å²) in [6.45, 7) is 2.65. The Morgan fingerprint density at radius 3 is 2.79 bits per heavy atom. The van der Waals surface area contributed by atoms with Crippen LogP contribution < -0.4 is 5.32 Å². The van der Waals surface area contributed by atoms with Crippen LogP contribution in [0.2, 0.25) is 0 Å². The number of hydrogen-bond acceptors (Lipinski definition) is 5. The van der Waals surface area contributed by atoms with Gasteiger partial charge in [0.05, 0.1) is 0 Å². The molecule has 0 radical (unpaired) electrons. The standard InChI is InChI=1S/C14H18N4O/c1-11-5-7-16-14(18-11)17-9-12(10-19)8-13-4-2-3-6-15-13/h2-7,12,19H,8-10H2,1H3,(H,16,17,18). The van der Waals surface area contributed by atoms with E-state index in [-0.39, 0.29) is 12.5 Å². The van der Waals surface area contributed by atoms with Gasteiger partial charge in [-0.15, -0.1) is 0 Å². The number of pyridine rings is 1. The van der Waals surface area contributed by atoms with Gasteiger partial charge in [0.15, 0.2) is 0 Å². The van der Waals surface area contributed by atoms with Gasteiger partial charge in [0, 0.05) is 42.9 Å². The molecule has 5 nitrogen and oxygen atoms in total. The average molecular weight is 258 g/mol. The van der Waals surface area contributed by atoms with Crippen LogP contribution >= 0.6 is 0 Å². The second-order valence-electron chi connectivity index (χ2n) is 4.48. The summed E-state index contributed by atoms with van der Waals surface area (Å²) in [5.74, 6) is 0.693. The quantitative estimate of drug-likeness (QED) is 0.820. The SMILES string of the molecule is Cc1ccnc(NCC(CO)Cc2ccccn2)n1. The number of rotatable bonds is 6. The normalized spacial score (nSPS) is 12.1. The molecule has 0 amide bonds. The highest BCUT2D eigenvalue weighted by molar-refractivity contribution is 5.24. The van der Waals surface area contributed by atoms with E-state index in [1.54, 1.807) is 12.4 Å². The van der Waals surface area contributed by atoms with Crippen molar-refractivity contribution in [1.29, 1.82) is 0 Å². The molecule has 0 fully saturated rings. The zero-order valence-corrected chi connectivity index (χ0v) is 11.0. The minimum absolute atomic E-state index is 0.0963. The number of nitrogens with zero attached hydrogens (tertiary/aromatic N) is 3. The topological polar surface area (TPSA) is 70.9 Å². The van der Waals surface area contributed by atoms with E-state index in [0.29, 0.717) is 12.5 Å². The van der Waals surface area contributed by atoms with Crippen LogP contribution in [-0.4, -0.2) is 33.2 Å². The number of nitrogens with one attached hydrogen (secondary N) is 1. The zero-order valence-electron chi connectivity index (χ0n) is 11.0. The Balaban J connectivity index is 1.89. The Hall–Kier alpha value is -2.01. The van der Waals surface area contributed by atoms with Crippen molar-refractivity contribution in [3.63, 3.8) is 0 Å². The summed E-state index contributed by atoms with van der Waals surface area (Å²) in [4.78, 5) is 12.7. The Morgan fingerprint density at radius 1 is 1.21 bits per heavy atom. The van der Waals surface area contributed by atoms with Crippen LogP contribution in [0.3, 0.4) is 0 Å². The zero-order chi connectivity index (χ0) is 13.5. The average Bonchev–Trinajstić information content (AvgIpc) is 2.44. The number of aliphatic hydroxyl groups is 1. The lowest BCUT2D eigenvalue weighted by Gasteiger charge is -2.14. The summed E-state index contributed by atoms with van der Waals surface area (Å²) in [5, 5.41) is 12.6. The molecule has 2 rings (SSSR count). The van der Waals surface area contributed by atoms with Crippen molar-refractivity contribution in [1.82, 2.24) is 15.0 Å². The van der Waals surface area contributed by atoms with Gasteiger partial charge in [-0.2, -0.15) is 0 Å². The first-order valence-electron chi connectivity index (χ1n) is 6.32. The summed E-state index contributed by atoms with van der Waals surface area (Å²) in [7, 11) is 0. The molecule has 0 spiro atoms. The fourth-order valence-electron chi connectivity index (χ4n) is 1.79. The first-order chi connectivity index (χ1) is 9.28. The van der Waals surface area contributed by atoms with Crippen LogP contribution in [0.5, 0.6) is 0 Å². The fourth-order valence-corrected chi connectivity index (χ4v) is 1.79. The molecular formula is C14H18N4O. The molecule has 2 aromatic heterocycles. The maximum Gasteiger partial charge on any atom is 0.222 e. The molecule has 0 saturated heterocycles. The van der Waals surface area contributed by atoms with Gasteiger partial charge in [0.25, 0.3) is 0 Å². The third-order valence-electron chi connectivity index (χ3n) is 2.83. The van der Waals surface area contributed by atoms with E-state index in [0.717, 1.165) is 17.8 Å². The lowest BCUT2D eigenvalue weighted by Crippen LogP contribution is -2.21. The van der Waals surface area contributed by atoms with Crippen molar-refractivity contribution in [2.45, 2.75) is 13.3 Å². The van der Waals surface area contributed by atoms with Crippen LogP contribution in [0.4, 0.5) is 5.95 Å². The van der Waals surface area contributed by atoms with Gasteiger partial charge in [0.2, 0.25) is 5.95 Å². The van der Waals surface area contributed by atoms with E-state index in [4.69, 9.17) is 0 Å². The number of aryl methyl sites for hydroxylation is 1.